The normalized spacial score (nSPS) is 16.8. The van der Waals surface area contributed by atoms with Crippen LogP contribution in [-0.4, -0.2) is 66.6 Å². The number of nitrogens with one attached hydrogen (secondary N) is 1. The highest BCUT2D eigenvalue weighted by Crippen LogP contribution is 2.22. The van der Waals surface area contributed by atoms with E-state index in [1.165, 1.54) is 0 Å². The summed E-state index contributed by atoms with van der Waals surface area (Å²) in [6, 6.07) is 15.1. The largest absolute Gasteiger partial charge is 0.508 e. The average molecular weight is 367 g/mol. The lowest BCUT2D eigenvalue weighted by atomic mass is 10.0. The lowest BCUT2D eigenvalue weighted by Crippen LogP contribution is -2.48. The van der Waals surface area contributed by atoms with Crippen LogP contribution in [0.25, 0.3) is 11.1 Å². The first-order valence-electron chi connectivity index (χ1n) is 9.63. The molecule has 0 aliphatic carbocycles. The van der Waals surface area contributed by atoms with E-state index in [2.05, 4.69) is 29.1 Å². The second-order valence-corrected chi connectivity index (χ2v) is 7.36. The van der Waals surface area contributed by atoms with Gasteiger partial charge < -0.3 is 15.3 Å². The molecule has 1 heterocycles. The zero-order valence-corrected chi connectivity index (χ0v) is 16.2. The van der Waals surface area contributed by atoms with Gasteiger partial charge in [-0.1, -0.05) is 24.3 Å². The number of likely N-dealkylation sites (N-methyl/N-ethyl adjacent to an activating group) is 1. The quantitative estimate of drug-likeness (QED) is 0.824. The van der Waals surface area contributed by atoms with Gasteiger partial charge in [-0.05, 0) is 55.8 Å². The van der Waals surface area contributed by atoms with Crippen LogP contribution in [0, 0.1) is 0 Å². The first-order chi connectivity index (χ1) is 13.0. The summed E-state index contributed by atoms with van der Waals surface area (Å²) in [5.74, 6) is 0.198. The molecule has 1 amide bonds. The molecule has 2 aromatic rings. The molecular formula is C22H29N3O2. The Morgan fingerprint density at radius 1 is 1.07 bits per heavy atom. The third-order valence-corrected chi connectivity index (χ3v) is 5.33. The minimum Gasteiger partial charge on any atom is -0.508 e. The number of hydrogen-bond acceptors (Lipinski definition) is 4. The van der Waals surface area contributed by atoms with Crippen molar-refractivity contribution in [1.29, 1.82) is 0 Å². The molecule has 5 nitrogen and oxygen atoms in total. The van der Waals surface area contributed by atoms with Crippen molar-refractivity contribution < 1.29 is 9.90 Å². The maximum Gasteiger partial charge on any atom is 0.251 e. The molecule has 1 aliphatic rings. The van der Waals surface area contributed by atoms with E-state index in [1.54, 1.807) is 12.1 Å². The minimum absolute atomic E-state index is 0.0406. The van der Waals surface area contributed by atoms with Crippen molar-refractivity contribution >= 4 is 5.91 Å². The first-order valence-corrected chi connectivity index (χ1v) is 9.63. The van der Waals surface area contributed by atoms with E-state index in [1.807, 2.05) is 36.4 Å². The summed E-state index contributed by atoms with van der Waals surface area (Å²) >= 11 is 0. The molecule has 0 saturated carbocycles. The monoisotopic (exact) mass is 367 g/mol. The Hall–Kier alpha value is -2.37. The zero-order chi connectivity index (χ0) is 19.2. The summed E-state index contributed by atoms with van der Waals surface area (Å²) in [6.07, 6.45) is 0.951. The highest BCUT2D eigenvalue weighted by Gasteiger charge is 2.19. The summed E-state index contributed by atoms with van der Waals surface area (Å²) in [7, 11) is 2.16. The predicted molar refractivity (Wildman–Crippen MR) is 109 cm³/mol. The molecule has 27 heavy (non-hydrogen) atoms. The van der Waals surface area contributed by atoms with Crippen LogP contribution in [-0.2, 0) is 0 Å². The zero-order valence-electron chi connectivity index (χ0n) is 16.2. The second-order valence-electron chi connectivity index (χ2n) is 7.36. The van der Waals surface area contributed by atoms with E-state index < -0.39 is 0 Å². The maximum absolute atomic E-state index is 12.5. The van der Waals surface area contributed by atoms with Gasteiger partial charge in [0.15, 0.2) is 0 Å². The van der Waals surface area contributed by atoms with E-state index >= 15 is 0 Å². The minimum atomic E-state index is -0.0406. The molecule has 2 aromatic carbocycles. The predicted octanol–water partition coefficient (Wildman–Crippen LogP) is 2.82. The number of amides is 1. The lowest BCUT2D eigenvalue weighted by molar-refractivity contribution is 0.0935. The number of carbonyl (C=O) groups is 1. The topological polar surface area (TPSA) is 55.8 Å². The van der Waals surface area contributed by atoms with Crippen molar-refractivity contribution in [3.8, 4) is 16.9 Å². The van der Waals surface area contributed by atoms with Gasteiger partial charge in [0.25, 0.3) is 5.91 Å². The number of rotatable bonds is 6. The molecule has 2 N–H and O–H groups in total. The third-order valence-electron chi connectivity index (χ3n) is 5.33. The number of piperazine rings is 1. The first kappa shape index (κ1) is 19.4. The van der Waals surface area contributed by atoms with Crippen LogP contribution in [0.4, 0.5) is 0 Å². The van der Waals surface area contributed by atoms with Crippen molar-refractivity contribution in [3.63, 3.8) is 0 Å². The van der Waals surface area contributed by atoms with Crippen LogP contribution in [0.3, 0.4) is 0 Å². The highest BCUT2D eigenvalue weighted by atomic mass is 16.3. The van der Waals surface area contributed by atoms with Crippen LogP contribution < -0.4 is 5.32 Å². The van der Waals surface area contributed by atoms with Gasteiger partial charge in [-0.3, -0.25) is 9.69 Å². The molecule has 1 saturated heterocycles. The van der Waals surface area contributed by atoms with Gasteiger partial charge in [-0.25, -0.2) is 0 Å². The van der Waals surface area contributed by atoms with Gasteiger partial charge in [0, 0.05) is 44.3 Å². The fourth-order valence-electron chi connectivity index (χ4n) is 3.44. The SMILES string of the molecule is C[C@@H](CCNC(=O)c1cccc(-c2ccc(O)cc2)c1)N1CCN(C)CC1. The van der Waals surface area contributed by atoms with Gasteiger partial charge in [-0.2, -0.15) is 0 Å². The number of phenolic OH excluding ortho intramolecular Hbond substituents is 1. The van der Waals surface area contributed by atoms with Gasteiger partial charge in [0.2, 0.25) is 0 Å². The molecule has 0 radical (unpaired) electrons. The molecule has 0 bridgehead atoms. The fraction of sp³-hybridized carbons (Fsp3) is 0.409. The molecule has 3 rings (SSSR count). The summed E-state index contributed by atoms with van der Waals surface area (Å²) < 4.78 is 0. The highest BCUT2D eigenvalue weighted by molar-refractivity contribution is 5.95. The van der Waals surface area contributed by atoms with Crippen molar-refractivity contribution in [2.24, 2.45) is 0 Å². The molecule has 1 aliphatic heterocycles. The van der Waals surface area contributed by atoms with Gasteiger partial charge in [0.05, 0.1) is 0 Å². The number of nitrogens with zero attached hydrogens (tertiary/aromatic N) is 2. The van der Waals surface area contributed by atoms with Crippen LogP contribution in [0.2, 0.25) is 0 Å². The molecular weight excluding hydrogens is 338 g/mol. The maximum atomic E-state index is 12.5. The van der Waals surface area contributed by atoms with E-state index in [9.17, 15) is 9.90 Å². The van der Waals surface area contributed by atoms with E-state index in [0.29, 0.717) is 18.2 Å². The van der Waals surface area contributed by atoms with E-state index in [0.717, 1.165) is 43.7 Å². The molecule has 144 valence electrons. The number of aromatic hydroxyl groups is 1. The van der Waals surface area contributed by atoms with E-state index in [-0.39, 0.29) is 11.7 Å². The van der Waals surface area contributed by atoms with Gasteiger partial charge >= 0.3 is 0 Å². The molecule has 0 aromatic heterocycles. The van der Waals surface area contributed by atoms with Crippen molar-refractivity contribution in [2.45, 2.75) is 19.4 Å². The van der Waals surface area contributed by atoms with Crippen molar-refractivity contribution in [2.75, 3.05) is 39.8 Å². The van der Waals surface area contributed by atoms with Crippen LogP contribution in [0.15, 0.2) is 48.5 Å². The number of phenols is 1. The molecule has 0 unspecified atom stereocenters. The van der Waals surface area contributed by atoms with Gasteiger partial charge in [-0.15, -0.1) is 0 Å². The summed E-state index contributed by atoms with van der Waals surface area (Å²) in [6.45, 7) is 7.33. The third kappa shape index (κ3) is 5.31. The number of hydrogen-bond donors (Lipinski definition) is 2. The van der Waals surface area contributed by atoms with Crippen molar-refractivity contribution in [3.05, 3.63) is 54.1 Å². The fourth-order valence-corrected chi connectivity index (χ4v) is 3.44. The Bertz CT molecular complexity index is 752. The van der Waals surface area contributed by atoms with Crippen LogP contribution >= 0.6 is 0 Å². The molecule has 5 heteroatoms. The van der Waals surface area contributed by atoms with Crippen molar-refractivity contribution in [1.82, 2.24) is 15.1 Å². The Morgan fingerprint density at radius 3 is 2.48 bits per heavy atom. The van der Waals surface area contributed by atoms with Crippen LogP contribution in [0.1, 0.15) is 23.7 Å². The Kier molecular flexibility index (Phi) is 6.48. The Labute approximate surface area is 161 Å². The summed E-state index contributed by atoms with van der Waals surface area (Å²) in [5.41, 5.74) is 2.60. The smallest absolute Gasteiger partial charge is 0.251 e. The number of benzene rings is 2. The standard InChI is InChI=1S/C22H29N3O2/c1-17(25-14-12-24(2)13-15-25)10-11-23-22(27)20-5-3-4-19(16-20)18-6-8-21(26)9-7-18/h3-9,16-17,26H,10-15H2,1-2H3,(H,23,27)/t17-/m0/s1. The molecule has 0 spiro atoms. The molecule has 1 atom stereocenters. The van der Waals surface area contributed by atoms with E-state index in [4.69, 9.17) is 0 Å². The van der Waals surface area contributed by atoms with Crippen LogP contribution in [0.5, 0.6) is 5.75 Å². The molecule has 1 fully saturated rings. The van der Waals surface area contributed by atoms with Gasteiger partial charge in [0.1, 0.15) is 5.75 Å². The number of carbonyl (C=O) groups excluding carboxylic acids is 1. The average Bonchev–Trinajstić information content (AvgIpc) is 2.69. The lowest BCUT2D eigenvalue weighted by Gasteiger charge is -2.36. The Balaban J connectivity index is 1.52. The summed E-state index contributed by atoms with van der Waals surface area (Å²) in [5, 5.41) is 12.5. The summed E-state index contributed by atoms with van der Waals surface area (Å²) in [4.78, 5) is 17.4. The second kappa shape index (κ2) is 9.02. The Morgan fingerprint density at radius 2 is 1.78 bits per heavy atom.